The number of hydrogen-bond donors (Lipinski definition) is 3. The highest BCUT2D eigenvalue weighted by atomic mass is 35.5. The van der Waals surface area contributed by atoms with Gasteiger partial charge in [-0.05, 0) is 23.3 Å². The van der Waals surface area contributed by atoms with Crippen LogP contribution in [0.5, 0.6) is 5.75 Å². The molecule has 0 saturated carbocycles. The molecule has 0 unspecified atom stereocenters. The van der Waals surface area contributed by atoms with Crippen LogP contribution < -0.4 is 0 Å². The van der Waals surface area contributed by atoms with E-state index in [0.29, 0.717) is 27.6 Å². The predicted octanol–water partition coefficient (Wildman–Crippen LogP) is 6.43. The average molecular weight is 440 g/mol. The van der Waals surface area contributed by atoms with E-state index in [1.54, 1.807) is 6.07 Å². The van der Waals surface area contributed by atoms with Gasteiger partial charge in [0.15, 0.2) is 0 Å². The number of phenolic OH excluding ortho intramolecular Hbond substituents is 1. The molecule has 2 aromatic carbocycles. The summed E-state index contributed by atoms with van der Waals surface area (Å²) in [4.78, 5) is 13.9. The summed E-state index contributed by atoms with van der Waals surface area (Å²) in [6.07, 6.45) is 1.29. The number of nitrogens with one attached hydrogen (secondary N) is 1. The average Bonchev–Trinajstić information content (AvgIpc) is 2.94. The van der Waals surface area contributed by atoms with Gasteiger partial charge in [-0.2, -0.15) is 0 Å². The van der Waals surface area contributed by atoms with Gasteiger partial charge in [-0.3, -0.25) is 4.79 Å². The van der Waals surface area contributed by atoms with Crippen LogP contribution in [-0.2, 0) is 11.2 Å². The lowest BCUT2D eigenvalue weighted by molar-refractivity contribution is -0.136. The fourth-order valence-electron chi connectivity index (χ4n) is 2.62. The van der Waals surface area contributed by atoms with Crippen LogP contribution in [0.15, 0.2) is 18.3 Å². The minimum Gasteiger partial charge on any atom is -0.507 e. The lowest BCUT2D eigenvalue weighted by atomic mass is 10.0. The maximum Gasteiger partial charge on any atom is 0.307 e. The second kappa shape index (κ2) is 6.78. The molecule has 9 heteroatoms. The lowest BCUT2D eigenvalue weighted by Gasteiger charge is -2.13. The number of fused-ring (bicyclic) bond motifs is 1. The molecule has 0 amide bonds. The number of phenols is 1. The van der Waals surface area contributed by atoms with Crippen molar-refractivity contribution in [2.24, 2.45) is 0 Å². The Labute approximate surface area is 166 Å². The van der Waals surface area contributed by atoms with E-state index in [4.69, 9.17) is 63.1 Å². The van der Waals surface area contributed by atoms with Crippen molar-refractivity contribution >= 4 is 74.9 Å². The van der Waals surface area contributed by atoms with Crippen molar-refractivity contribution in [3.8, 4) is 16.9 Å². The molecule has 0 radical (unpaired) electrons. The number of H-pyrrole nitrogens is 1. The fraction of sp³-hybridized carbons (Fsp3) is 0.0625. The second-order valence-corrected chi connectivity index (χ2v) is 7.14. The number of aromatic nitrogens is 1. The number of halogens is 5. The molecule has 25 heavy (non-hydrogen) atoms. The van der Waals surface area contributed by atoms with Crippen molar-refractivity contribution in [3.05, 3.63) is 49.0 Å². The topological polar surface area (TPSA) is 73.3 Å². The van der Waals surface area contributed by atoms with Crippen LogP contribution in [0.3, 0.4) is 0 Å². The molecule has 1 heterocycles. The third-order valence-electron chi connectivity index (χ3n) is 3.68. The summed E-state index contributed by atoms with van der Waals surface area (Å²) in [5.41, 5.74) is 1.73. The van der Waals surface area contributed by atoms with Crippen molar-refractivity contribution in [1.82, 2.24) is 4.98 Å². The maximum absolute atomic E-state index is 10.9. The lowest BCUT2D eigenvalue weighted by Crippen LogP contribution is -1.98. The summed E-state index contributed by atoms with van der Waals surface area (Å²) in [7, 11) is 0. The van der Waals surface area contributed by atoms with Crippen molar-refractivity contribution in [2.45, 2.75) is 6.42 Å². The van der Waals surface area contributed by atoms with Crippen LogP contribution in [0.2, 0.25) is 25.1 Å². The summed E-state index contributed by atoms with van der Waals surface area (Å²) < 4.78 is 0. The molecule has 0 atom stereocenters. The fourth-order valence-corrected chi connectivity index (χ4v) is 3.98. The molecular weight excluding hydrogens is 431 g/mol. The van der Waals surface area contributed by atoms with Crippen LogP contribution in [0.4, 0.5) is 0 Å². The number of carboxylic acids is 1. The third kappa shape index (κ3) is 3.14. The number of carbonyl (C=O) groups is 1. The highest BCUT2D eigenvalue weighted by Gasteiger charge is 2.22. The Balaban J connectivity index is 2.27. The first-order chi connectivity index (χ1) is 11.7. The Kier molecular flexibility index (Phi) is 5.02. The van der Waals surface area contributed by atoms with E-state index in [2.05, 4.69) is 4.98 Å². The van der Waals surface area contributed by atoms with E-state index in [-0.39, 0.29) is 37.3 Å². The molecule has 4 nitrogen and oxygen atoms in total. The Morgan fingerprint density at radius 1 is 0.960 bits per heavy atom. The van der Waals surface area contributed by atoms with Gasteiger partial charge in [-0.1, -0.05) is 58.0 Å². The van der Waals surface area contributed by atoms with Gasteiger partial charge in [0.2, 0.25) is 0 Å². The highest BCUT2D eigenvalue weighted by molar-refractivity contribution is 6.56. The number of rotatable bonds is 3. The molecule has 0 aliphatic heterocycles. The Hall–Kier alpha value is -1.30. The van der Waals surface area contributed by atoms with E-state index in [0.717, 1.165) is 0 Å². The molecule has 3 N–H and O–H groups in total. The molecule has 3 rings (SSSR count). The minimum atomic E-state index is -1.01. The standard InChI is InChI=1S/C16H8Cl5NO3/c17-12-11(13(18)15(20)16(21)14(12)19)5-1-7-10(8(23)2-5)6(4-22-7)3-9(24)25/h1-2,4,22-23H,3H2,(H,24,25). The van der Waals surface area contributed by atoms with Gasteiger partial charge in [-0.15, -0.1) is 0 Å². The van der Waals surface area contributed by atoms with Gasteiger partial charge in [0.05, 0.1) is 37.1 Å². The molecule has 0 aliphatic carbocycles. The molecule has 0 bridgehead atoms. The Bertz CT molecular complexity index is 1000. The molecule has 1 aromatic heterocycles. The minimum absolute atomic E-state index is 0.0380. The van der Waals surface area contributed by atoms with Crippen molar-refractivity contribution in [1.29, 1.82) is 0 Å². The first kappa shape index (κ1) is 18.5. The van der Waals surface area contributed by atoms with E-state index in [9.17, 15) is 9.90 Å². The van der Waals surface area contributed by atoms with Crippen LogP contribution in [0.25, 0.3) is 22.0 Å². The molecule has 3 aromatic rings. The van der Waals surface area contributed by atoms with Crippen LogP contribution in [0.1, 0.15) is 5.56 Å². The van der Waals surface area contributed by atoms with E-state index < -0.39 is 5.97 Å². The Morgan fingerprint density at radius 2 is 1.52 bits per heavy atom. The van der Waals surface area contributed by atoms with E-state index in [1.807, 2.05) is 0 Å². The molecular formula is C16H8Cl5NO3. The number of aromatic amines is 1. The predicted molar refractivity (Wildman–Crippen MR) is 102 cm³/mol. The van der Waals surface area contributed by atoms with Crippen LogP contribution in [0, 0.1) is 0 Å². The zero-order valence-electron chi connectivity index (χ0n) is 12.1. The van der Waals surface area contributed by atoms with Gasteiger partial charge in [0.25, 0.3) is 0 Å². The van der Waals surface area contributed by atoms with E-state index >= 15 is 0 Å². The van der Waals surface area contributed by atoms with Gasteiger partial charge >= 0.3 is 5.97 Å². The number of hydrogen-bond acceptors (Lipinski definition) is 2. The van der Waals surface area contributed by atoms with E-state index in [1.165, 1.54) is 12.3 Å². The summed E-state index contributed by atoms with van der Waals surface area (Å²) in [6.45, 7) is 0. The monoisotopic (exact) mass is 437 g/mol. The van der Waals surface area contributed by atoms with Crippen LogP contribution >= 0.6 is 58.0 Å². The van der Waals surface area contributed by atoms with Crippen molar-refractivity contribution in [2.75, 3.05) is 0 Å². The summed E-state index contributed by atoms with van der Waals surface area (Å²) in [6, 6.07) is 3.07. The van der Waals surface area contributed by atoms with Gasteiger partial charge in [0, 0.05) is 17.1 Å². The smallest absolute Gasteiger partial charge is 0.307 e. The zero-order chi connectivity index (χ0) is 18.5. The molecule has 0 aliphatic rings. The van der Waals surface area contributed by atoms with Gasteiger partial charge in [-0.25, -0.2) is 0 Å². The first-order valence-corrected chi connectivity index (χ1v) is 8.68. The number of aromatic hydroxyl groups is 1. The molecule has 0 saturated heterocycles. The summed E-state index contributed by atoms with van der Waals surface area (Å²) in [5.74, 6) is -1.13. The zero-order valence-corrected chi connectivity index (χ0v) is 15.9. The maximum atomic E-state index is 10.9. The number of carboxylic acid groups (broad SMARTS) is 1. The van der Waals surface area contributed by atoms with Crippen molar-refractivity contribution in [3.63, 3.8) is 0 Å². The Morgan fingerprint density at radius 3 is 2.08 bits per heavy atom. The largest absolute Gasteiger partial charge is 0.507 e. The quantitative estimate of drug-likeness (QED) is 0.325. The SMILES string of the molecule is O=C(O)Cc1c[nH]c2cc(-c3c(Cl)c(Cl)c(Cl)c(Cl)c3Cl)cc(O)c12. The first-order valence-electron chi connectivity index (χ1n) is 6.79. The van der Waals surface area contributed by atoms with Gasteiger partial charge in [0.1, 0.15) is 5.75 Å². The highest BCUT2D eigenvalue weighted by Crippen LogP contribution is 2.49. The normalized spacial score (nSPS) is 11.2. The summed E-state index contributed by atoms with van der Waals surface area (Å²) in [5, 5.41) is 20.1. The summed E-state index contributed by atoms with van der Waals surface area (Å²) >= 11 is 30.7. The number of benzene rings is 2. The number of aliphatic carboxylic acids is 1. The second-order valence-electron chi connectivity index (χ2n) is 5.25. The molecule has 0 spiro atoms. The van der Waals surface area contributed by atoms with Crippen molar-refractivity contribution < 1.29 is 15.0 Å². The van der Waals surface area contributed by atoms with Crippen LogP contribution in [-0.4, -0.2) is 21.2 Å². The molecule has 0 fully saturated rings. The van der Waals surface area contributed by atoms with Gasteiger partial charge < -0.3 is 15.2 Å². The third-order valence-corrected chi connectivity index (χ3v) is 5.96. The molecule has 130 valence electrons.